The van der Waals surface area contributed by atoms with E-state index in [9.17, 15) is 5.26 Å². The van der Waals surface area contributed by atoms with Gasteiger partial charge in [0.2, 0.25) is 0 Å². The van der Waals surface area contributed by atoms with Crippen LogP contribution in [0.3, 0.4) is 0 Å². The largest absolute Gasteiger partial charge is 0.467 e. The van der Waals surface area contributed by atoms with E-state index in [-0.39, 0.29) is 5.82 Å². The molecule has 0 saturated carbocycles. The fourth-order valence-electron chi connectivity index (χ4n) is 3.54. The summed E-state index contributed by atoms with van der Waals surface area (Å²) in [6.07, 6.45) is 5.52. The molecule has 1 saturated heterocycles. The summed E-state index contributed by atoms with van der Waals surface area (Å²) in [6, 6.07) is 2.50. The molecule has 2 N–H and O–H groups in total. The molecule has 7 nitrogen and oxygen atoms in total. The van der Waals surface area contributed by atoms with Crippen LogP contribution in [0.25, 0.3) is 11.1 Å². The highest BCUT2D eigenvalue weighted by atomic mass is 16.5. The van der Waals surface area contributed by atoms with Crippen molar-refractivity contribution in [3.05, 3.63) is 23.7 Å². The van der Waals surface area contributed by atoms with E-state index in [1.54, 1.807) is 12.4 Å². The van der Waals surface area contributed by atoms with E-state index in [4.69, 9.17) is 10.5 Å². The first-order valence-electron chi connectivity index (χ1n) is 7.57. The standard InChI is InChI=1S/C16H16N6O/c1-23-16-19-7-10(8-20-16)12-11(6-17)15(18)21-13-9-2-4-22(5-3-9)14(12)13/h7-9H,2-5H2,1H3,(H2,18,21). The number of hydrogen-bond acceptors (Lipinski definition) is 7. The van der Waals surface area contributed by atoms with Crippen molar-refractivity contribution in [1.29, 1.82) is 5.26 Å². The highest BCUT2D eigenvalue weighted by molar-refractivity contribution is 5.88. The molecule has 0 amide bonds. The molecule has 0 unspecified atom stereocenters. The number of nitriles is 1. The molecule has 7 heteroatoms. The number of pyridine rings is 1. The quantitative estimate of drug-likeness (QED) is 0.901. The molecular formula is C16H16N6O. The third kappa shape index (κ3) is 1.99. The Balaban J connectivity index is 1.99. The van der Waals surface area contributed by atoms with Crippen LogP contribution in [0.1, 0.15) is 30.0 Å². The minimum Gasteiger partial charge on any atom is -0.467 e. The Morgan fingerprint density at radius 1 is 1.30 bits per heavy atom. The van der Waals surface area contributed by atoms with Gasteiger partial charge in [-0.25, -0.2) is 15.0 Å². The summed E-state index contributed by atoms with van der Waals surface area (Å²) < 4.78 is 5.01. The predicted octanol–water partition coefficient (Wildman–Crippen LogP) is 1.70. The predicted molar refractivity (Wildman–Crippen MR) is 85.1 cm³/mol. The molecule has 0 aliphatic carbocycles. The molecule has 3 aliphatic heterocycles. The number of rotatable bonds is 2. The normalized spacial score (nSPS) is 16.1. The fourth-order valence-corrected chi connectivity index (χ4v) is 3.54. The smallest absolute Gasteiger partial charge is 0.316 e. The Kier molecular flexibility index (Phi) is 3.05. The average molecular weight is 308 g/mol. The zero-order valence-corrected chi connectivity index (χ0v) is 12.8. The van der Waals surface area contributed by atoms with Crippen LogP contribution in [0.4, 0.5) is 11.5 Å². The van der Waals surface area contributed by atoms with Gasteiger partial charge in [0.05, 0.1) is 18.5 Å². The first-order chi connectivity index (χ1) is 11.2. The second kappa shape index (κ2) is 5.09. The minimum absolute atomic E-state index is 0.283. The number of fused-ring (bicyclic) bond motifs is 2. The number of aromatic nitrogens is 3. The lowest BCUT2D eigenvalue weighted by Gasteiger charge is -2.42. The van der Waals surface area contributed by atoms with E-state index < -0.39 is 0 Å². The number of nitrogens with zero attached hydrogens (tertiary/aromatic N) is 5. The Morgan fingerprint density at radius 3 is 2.61 bits per heavy atom. The van der Waals surface area contributed by atoms with Gasteiger partial charge in [0, 0.05) is 42.5 Å². The number of methoxy groups -OCH3 is 1. The van der Waals surface area contributed by atoms with Crippen molar-refractivity contribution < 1.29 is 4.74 Å². The van der Waals surface area contributed by atoms with E-state index in [2.05, 4.69) is 25.9 Å². The number of piperidine rings is 1. The Hall–Kier alpha value is -2.88. The van der Waals surface area contributed by atoms with Gasteiger partial charge < -0.3 is 15.4 Å². The highest BCUT2D eigenvalue weighted by Gasteiger charge is 2.36. The maximum atomic E-state index is 9.58. The lowest BCUT2D eigenvalue weighted by atomic mass is 9.83. The molecule has 2 bridgehead atoms. The Bertz CT molecular complexity index is 803. The van der Waals surface area contributed by atoms with Crippen LogP contribution >= 0.6 is 0 Å². The maximum absolute atomic E-state index is 9.58. The van der Waals surface area contributed by atoms with Crippen LogP contribution < -0.4 is 15.4 Å². The van der Waals surface area contributed by atoms with Crippen LogP contribution in [0.2, 0.25) is 0 Å². The third-order valence-electron chi connectivity index (χ3n) is 4.64. The number of anilines is 2. The van der Waals surface area contributed by atoms with Crippen molar-refractivity contribution in [3.63, 3.8) is 0 Å². The topological polar surface area (TPSA) is 101 Å². The second-order valence-corrected chi connectivity index (χ2v) is 5.81. The Morgan fingerprint density at radius 2 is 2.00 bits per heavy atom. The van der Waals surface area contributed by atoms with Gasteiger partial charge >= 0.3 is 6.01 Å². The van der Waals surface area contributed by atoms with Crippen LogP contribution in [0.5, 0.6) is 6.01 Å². The van der Waals surface area contributed by atoms with Crippen LogP contribution in [-0.2, 0) is 0 Å². The van der Waals surface area contributed by atoms with Crippen molar-refractivity contribution in [2.45, 2.75) is 18.8 Å². The molecule has 3 aliphatic rings. The van der Waals surface area contributed by atoms with E-state index in [0.29, 0.717) is 17.5 Å². The SMILES string of the molecule is COc1ncc(-c2c(C#N)c(N)nc3c2N2CCC3CC2)cn1. The molecule has 0 spiro atoms. The van der Waals surface area contributed by atoms with Gasteiger partial charge in [-0.3, -0.25) is 0 Å². The van der Waals surface area contributed by atoms with Crippen molar-refractivity contribution >= 4 is 11.5 Å². The summed E-state index contributed by atoms with van der Waals surface area (Å²) in [5, 5.41) is 9.58. The fraction of sp³-hybridized carbons (Fsp3) is 0.375. The molecule has 0 atom stereocenters. The van der Waals surface area contributed by atoms with Crippen molar-refractivity contribution in [2.75, 3.05) is 30.8 Å². The highest BCUT2D eigenvalue weighted by Crippen LogP contribution is 2.48. The summed E-state index contributed by atoms with van der Waals surface area (Å²) in [4.78, 5) is 15.2. The lowest BCUT2D eigenvalue weighted by molar-refractivity contribution is 0.380. The van der Waals surface area contributed by atoms with Crippen molar-refractivity contribution in [3.8, 4) is 23.2 Å². The summed E-state index contributed by atoms with van der Waals surface area (Å²) in [5.74, 6) is 0.703. The maximum Gasteiger partial charge on any atom is 0.316 e. The molecule has 2 aromatic heterocycles. The monoisotopic (exact) mass is 308 g/mol. The molecule has 0 aromatic carbocycles. The summed E-state index contributed by atoms with van der Waals surface area (Å²) in [6.45, 7) is 1.97. The number of ether oxygens (including phenoxy) is 1. The van der Waals surface area contributed by atoms with E-state index in [1.807, 2.05) is 0 Å². The van der Waals surface area contributed by atoms with Gasteiger partial charge in [-0.05, 0) is 12.8 Å². The number of nitrogen functional groups attached to an aromatic ring is 1. The minimum atomic E-state index is 0.283. The molecule has 2 aromatic rings. The van der Waals surface area contributed by atoms with E-state index in [0.717, 1.165) is 48.4 Å². The molecule has 116 valence electrons. The van der Waals surface area contributed by atoms with Gasteiger partial charge in [-0.15, -0.1) is 0 Å². The van der Waals surface area contributed by atoms with Gasteiger partial charge in [-0.1, -0.05) is 0 Å². The Labute approximate surface area is 133 Å². The first-order valence-corrected chi connectivity index (χ1v) is 7.57. The molecule has 5 rings (SSSR count). The summed E-state index contributed by atoms with van der Waals surface area (Å²) in [5.41, 5.74) is 10.0. The average Bonchev–Trinajstić information content (AvgIpc) is 2.61. The molecule has 0 radical (unpaired) electrons. The summed E-state index contributed by atoms with van der Waals surface area (Å²) >= 11 is 0. The van der Waals surface area contributed by atoms with Crippen molar-refractivity contribution in [2.24, 2.45) is 0 Å². The van der Waals surface area contributed by atoms with Gasteiger partial charge in [0.15, 0.2) is 0 Å². The second-order valence-electron chi connectivity index (χ2n) is 5.81. The number of hydrogen-bond donors (Lipinski definition) is 1. The molecule has 1 fully saturated rings. The van der Waals surface area contributed by atoms with Crippen LogP contribution in [-0.4, -0.2) is 35.2 Å². The third-order valence-corrected chi connectivity index (χ3v) is 4.64. The summed E-state index contributed by atoms with van der Waals surface area (Å²) in [7, 11) is 1.52. The zero-order chi connectivity index (χ0) is 16.0. The molecule has 23 heavy (non-hydrogen) atoms. The lowest BCUT2D eigenvalue weighted by Crippen LogP contribution is -2.40. The van der Waals surface area contributed by atoms with Crippen molar-refractivity contribution in [1.82, 2.24) is 15.0 Å². The van der Waals surface area contributed by atoms with Gasteiger partial charge in [-0.2, -0.15) is 5.26 Å². The van der Waals surface area contributed by atoms with Crippen LogP contribution in [0.15, 0.2) is 12.4 Å². The molecular weight excluding hydrogens is 292 g/mol. The van der Waals surface area contributed by atoms with E-state index in [1.165, 1.54) is 7.11 Å². The number of nitrogens with two attached hydrogens (primary N) is 1. The zero-order valence-electron chi connectivity index (χ0n) is 12.8. The van der Waals surface area contributed by atoms with Gasteiger partial charge in [0.25, 0.3) is 0 Å². The van der Waals surface area contributed by atoms with Crippen LogP contribution in [0, 0.1) is 11.3 Å². The van der Waals surface area contributed by atoms with Gasteiger partial charge in [0.1, 0.15) is 17.5 Å². The first kappa shape index (κ1) is 13.8. The van der Waals surface area contributed by atoms with E-state index >= 15 is 0 Å². The molecule has 5 heterocycles.